The molecule has 4 nitrogen and oxygen atoms in total. The third kappa shape index (κ3) is 5.11. The second-order valence-corrected chi connectivity index (χ2v) is 9.87. The second kappa shape index (κ2) is 9.92. The minimum absolute atomic E-state index is 0.181. The lowest BCUT2D eigenvalue weighted by molar-refractivity contribution is 0.376. The lowest BCUT2D eigenvalue weighted by Gasteiger charge is -2.48. The van der Waals surface area contributed by atoms with E-state index in [9.17, 15) is 0 Å². The van der Waals surface area contributed by atoms with Crippen molar-refractivity contribution in [3.05, 3.63) is 77.4 Å². The quantitative estimate of drug-likeness (QED) is 0.337. The van der Waals surface area contributed by atoms with E-state index in [0.29, 0.717) is 5.92 Å². The van der Waals surface area contributed by atoms with Crippen molar-refractivity contribution in [3.63, 3.8) is 0 Å². The smallest absolute Gasteiger partial charge is 0.127 e. The zero-order valence-corrected chi connectivity index (χ0v) is 21.3. The van der Waals surface area contributed by atoms with Crippen molar-refractivity contribution in [3.8, 4) is 17.2 Å². The van der Waals surface area contributed by atoms with Crippen LogP contribution in [0, 0.1) is 6.92 Å². The van der Waals surface area contributed by atoms with Gasteiger partial charge in [0.15, 0.2) is 0 Å². The van der Waals surface area contributed by atoms with Gasteiger partial charge in [-0.05, 0) is 117 Å². The number of nitrogens with zero attached hydrogens (tertiary/aromatic N) is 2. The van der Waals surface area contributed by atoms with Crippen LogP contribution in [0.5, 0.6) is 17.2 Å². The Morgan fingerprint density at radius 3 is 2.24 bits per heavy atom. The van der Waals surface area contributed by atoms with E-state index < -0.39 is 0 Å². The molecule has 0 amide bonds. The van der Waals surface area contributed by atoms with Crippen LogP contribution in [-0.4, -0.2) is 25.4 Å². The molecule has 4 heteroatoms. The van der Waals surface area contributed by atoms with Gasteiger partial charge in [0.2, 0.25) is 0 Å². The van der Waals surface area contributed by atoms with Gasteiger partial charge in [-0.15, -0.1) is 0 Å². The summed E-state index contributed by atoms with van der Waals surface area (Å²) < 4.78 is 11.1. The molecule has 0 aromatic heterocycles. The minimum atomic E-state index is 0.181. The highest BCUT2D eigenvalue weighted by molar-refractivity contribution is 5.86. The number of methoxy groups -OCH3 is 1. The summed E-state index contributed by atoms with van der Waals surface area (Å²) in [4.78, 5) is 7.35. The van der Waals surface area contributed by atoms with Crippen LogP contribution in [-0.2, 0) is 0 Å². The number of aryl methyl sites for hydroxylation is 1. The van der Waals surface area contributed by atoms with Gasteiger partial charge in [0.05, 0.1) is 12.8 Å². The van der Waals surface area contributed by atoms with Crippen LogP contribution >= 0.6 is 0 Å². The topological polar surface area (TPSA) is 34.1 Å². The first-order valence-electron chi connectivity index (χ1n) is 12.2. The van der Waals surface area contributed by atoms with Gasteiger partial charge in [-0.1, -0.05) is 13.8 Å². The first-order chi connectivity index (χ1) is 16.3. The third-order valence-corrected chi connectivity index (χ3v) is 6.71. The van der Waals surface area contributed by atoms with Crippen molar-refractivity contribution in [2.24, 2.45) is 4.99 Å². The SMILES string of the molecule is CCCN1c2cc(C)c(C=Nc3ccc(Oc4ccc(OC)cc4)cc3)cc2C(C)CC1(C)C. The van der Waals surface area contributed by atoms with E-state index >= 15 is 0 Å². The molecule has 0 saturated carbocycles. The van der Waals surface area contributed by atoms with Gasteiger partial charge >= 0.3 is 0 Å². The average molecular weight is 457 g/mol. The maximum atomic E-state index is 5.92. The Morgan fingerprint density at radius 2 is 1.62 bits per heavy atom. The molecule has 4 rings (SSSR count). The Kier molecular flexibility index (Phi) is 6.97. The molecule has 0 N–H and O–H groups in total. The van der Waals surface area contributed by atoms with E-state index in [0.717, 1.165) is 42.3 Å². The van der Waals surface area contributed by atoms with Crippen LogP contribution in [0.2, 0.25) is 0 Å². The fourth-order valence-electron chi connectivity index (χ4n) is 4.96. The van der Waals surface area contributed by atoms with Crippen molar-refractivity contribution in [2.45, 2.75) is 58.9 Å². The van der Waals surface area contributed by atoms with E-state index in [1.807, 2.05) is 54.7 Å². The van der Waals surface area contributed by atoms with Gasteiger partial charge in [0.1, 0.15) is 17.2 Å². The average Bonchev–Trinajstić information content (AvgIpc) is 2.82. The number of rotatable bonds is 7. The molecule has 34 heavy (non-hydrogen) atoms. The van der Waals surface area contributed by atoms with E-state index in [-0.39, 0.29) is 5.54 Å². The molecule has 1 atom stereocenters. The standard InChI is InChI=1S/C30H36N2O2/c1-7-16-32-29-17-21(2)23(18-28(29)22(3)19-30(32,4)5)20-31-24-8-10-26(11-9-24)34-27-14-12-25(33-6)13-15-27/h8-15,17-18,20,22H,7,16,19H2,1-6H3. The van der Waals surface area contributed by atoms with Gasteiger partial charge in [0, 0.05) is 24.0 Å². The molecule has 0 bridgehead atoms. The predicted octanol–water partition coefficient (Wildman–Crippen LogP) is 8.05. The van der Waals surface area contributed by atoms with Crippen molar-refractivity contribution >= 4 is 17.6 Å². The molecule has 1 unspecified atom stereocenters. The fraction of sp³-hybridized carbons (Fsp3) is 0.367. The molecule has 1 aliphatic heterocycles. The third-order valence-electron chi connectivity index (χ3n) is 6.71. The summed E-state index contributed by atoms with van der Waals surface area (Å²) in [6.07, 6.45) is 4.30. The molecule has 0 radical (unpaired) electrons. The summed E-state index contributed by atoms with van der Waals surface area (Å²) in [7, 11) is 1.66. The van der Waals surface area contributed by atoms with E-state index in [4.69, 9.17) is 14.5 Å². The monoisotopic (exact) mass is 456 g/mol. The van der Waals surface area contributed by atoms with Crippen LogP contribution in [0.15, 0.2) is 65.7 Å². The summed E-state index contributed by atoms with van der Waals surface area (Å²) >= 11 is 0. The van der Waals surface area contributed by atoms with Crippen LogP contribution in [0.4, 0.5) is 11.4 Å². The Morgan fingerprint density at radius 1 is 1.00 bits per heavy atom. The van der Waals surface area contributed by atoms with Crippen LogP contribution in [0.3, 0.4) is 0 Å². The summed E-state index contributed by atoms with van der Waals surface area (Å²) in [5.41, 5.74) is 6.35. The fourth-order valence-corrected chi connectivity index (χ4v) is 4.96. The van der Waals surface area contributed by atoms with Gasteiger partial charge < -0.3 is 14.4 Å². The molecule has 0 fully saturated rings. The van der Waals surface area contributed by atoms with Gasteiger partial charge in [-0.3, -0.25) is 4.99 Å². The lowest BCUT2D eigenvalue weighted by Crippen LogP contribution is -2.48. The lowest BCUT2D eigenvalue weighted by atomic mass is 9.79. The van der Waals surface area contributed by atoms with Gasteiger partial charge in [-0.25, -0.2) is 0 Å². The Hall–Kier alpha value is -3.27. The molecule has 1 heterocycles. The Balaban J connectivity index is 1.52. The van der Waals surface area contributed by atoms with E-state index in [2.05, 4.69) is 51.7 Å². The van der Waals surface area contributed by atoms with Crippen molar-refractivity contribution in [1.82, 2.24) is 0 Å². The van der Waals surface area contributed by atoms with E-state index in [1.165, 1.54) is 22.4 Å². The Labute approximate surface area is 204 Å². The number of hydrogen-bond acceptors (Lipinski definition) is 4. The number of ether oxygens (including phenoxy) is 2. The highest BCUT2D eigenvalue weighted by Crippen LogP contribution is 2.44. The molecule has 178 valence electrons. The van der Waals surface area contributed by atoms with Crippen LogP contribution < -0.4 is 14.4 Å². The predicted molar refractivity (Wildman–Crippen MR) is 143 cm³/mol. The highest BCUT2D eigenvalue weighted by atomic mass is 16.5. The molecule has 0 aliphatic carbocycles. The van der Waals surface area contributed by atoms with E-state index in [1.54, 1.807) is 7.11 Å². The summed E-state index contributed by atoms with van der Waals surface area (Å²) in [5.74, 6) is 2.89. The molecule has 3 aromatic rings. The number of anilines is 1. The molecule has 3 aromatic carbocycles. The first-order valence-corrected chi connectivity index (χ1v) is 12.2. The number of benzene rings is 3. The number of fused-ring (bicyclic) bond motifs is 1. The van der Waals surface area contributed by atoms with Crippen molar-refractivity contribution < 1.29 is 9.47 Å². The minimum Gasteiger partial charge on any atom is -0.497 e. The first kappa shape index (κ1) is 23.9. The second-order valence-electron chi connectivity index (χ2n) is 9.87. The molecule has 1 aliphatic rings. The molecule has 0 saturated heterocycles. The number of hydrogen-bond donors (Lipinski definition) is 0. The zero-order chi connectivity index (χ0) is 24.3. The summed E-state index contributed by atoms with van der Waals surface area (Å²) in [6.45, 7) is 12.6. The summed E-state index contributed by atoms with van der Waals surface area (Å²) in [6, 6.07) is 20.1. The van der Waals surface area contributed by atoms with Crippen molar-refractivity contribution in [2.75, 3.05) is 18.6 Å². The Bertz CT molecular complexity index is 1150. The molecular weight excluding hydrogens is 420 g/mol. The van der Waals surface area contributed by atoms with Gasteiger partial charge in [-0.2, -0.15) is 0 Å². The molecule has 0 spiro atoms. The van der Waals surface area contributed by atoms with Gasteiger partial charge in [0.25, 0.3) is 0 Å². The number of aliphatic imine (C=N–C) groups is 1. The normalized spacial score (nSPS) is 17.0. The van der Waals surface area contributed by atoms with Crippen molar-refractivity contribution in [1.29, 1.82) is 0 Å². The molecular formula is C30H36N2O2. The zero-order valence-electron chi connectivity index (χ0n) is 21.3. The van der Waals surface area contributed by atoms with Crippen LogP contribution in [0.25, 0.3) is 0 Å². The summed E-state index contributed by atoms with van der Waals surface area (Å²) in [5, 5.41) is 0. The largest absolute Gasteiger partial charge is 0.497 e. The van der Waals surface area contributed by atoms with Crippen LogP contribution in [0.1, 0.15) is 63.1 Å². The maximum Gasteiger partial charge on any atom is 0.127 e. The maximum absolute atomic E-state index is 5.92. The highest BCUT2D eigenvalue weighted by Gasteiger charge is 2.36.